The molecule has 86 valence electrons. The number of rotatable bonds is 1. The minimum atomic E-state index is 0.256. The highest BCUT2D eigenvalue weighted by molar-refractivity contribution is 6.33. The van der Waals surface area contributed by atoms with Crippen molar-refractivity contribution in [2.75, 3.05) is 0 Å². The maximum Gasteiger partial charge on any atom is 0.116 e. The first-order valence-electron chi connectivity index (χ1n) is 5.46. The molecule has 0 radical (unpaired) electrons. The van der Waals surface area contributed by atoms with Crippen LogP contribution in [-0.4, -0.2) is 5.11 Å². The molecule has 17 heavy (non-hydrogen) atoms. The number of phenols is 1. The second-order valence-electron chi connectivity index (χ2n) is 4.35. The molecule has 0 atom stereocenters. The molecule has 1 N–H and O–H groups in total. The van der Waals surface area contributed by atoms with Crippen molar-refractivity contribution in [3.05, 3.63) is 40.4 Å². The van der Waals surface area contributed by atoms with Crippen molar-refractivity contribution in [3.63, 3.8) is 0 Å². The van der Waals surface area contributed by atoms with Gasteiger partial charge in [-0.25, -0.2) is 0 Å². The second kappa shape index (κ2) is 4.31. The van der Waals surface area contributed by atoms with Gasteiger partial charge >= 0.3 is 0 Å². The number of fused-ring (bicyclic) bond motifs is 1. The third-order valence-electron chi connectivity index (χ3n) is 2.85. The van der Waals surface area contributed by atoms with Crippen molar-refractivity contribution < 1.29 is 5.11 Å². The van der Waals surface area contributed by atoms with Crippen LogP contribution >= 0.6 is 11.6 Å². The van der Waals surface area contributed by atoms with Gasteiger partial charge in [0.25, 0.3) is 0 Å². The lowest BCUT2D eigenvalue weighted by molar-refractivity contribution is 0.475. The summed E-state index contributed by atoms with van der Waals surface area (Å²) in [6.07, 6.45) is 5.53. The van der Waals surface area contributed by atoms with Crippen LogP contribution in [0.25, 0.3) is 10.8 Å². The molecule has 0 aliphatic rings. The van der Waals surface area contributed by atoms with Gasteiger partial charge in [-0.2, -0.15) is 0 Å². The second-order valence-corrected chi connectivity index (χ2v) is 4.76. The molecule has 0 aliphatic heterocycles. The zero-order valence-electron chi connectivity index (χ0n) is 9.79. The first-order chi connectivity index (χ1) is 8.04. The summed E-state index contributed by atoms with van der Waals surface area (Å²) < 4.78 is 0. The average molecular weight is 245 g/mol. The Morgan fingerprint density at radius 1 is 1.29 bits per heavy atom. The number of hydrogen-bond acceptors (Lipinski definition) is 1. The zero-order chi connectivity index (χ0) is 12.6. The van der Waals surface area contributed by atoms with Gasteiger partial charge in [-0.05, 0) is 35.1 Å². The molecule has 0 saturated carbocycles. The van der Waals surface area contributed by atoms with Crippen LogP contribution in [0.15, 0.2) is 24.3 Å². The summed E-state index contributed by atoms with van der Waals surface area (Å²) in [5, 5.41) is 12.2. The summed E-state index contributed by atoms with van der Waals surface area (Å²) in [5.74, 6) is 3.17. The third-order valence-corrected chi connectivity index (χ3v) is 3.16. The fourth-order valence-corrected chi connectivity index (χ4v) is 2.27. The largest absolute Gasteiger partial charge is 0.508 e. The predicted octanol–water partition coefficient (Wildman–Crippen LogP) is 4.30. The van der Waals surface area contributed by atoms with Crippen molar-refractivity contribution in [1.82, 2.24) is 0 Å². The molecule has 0 aliphatic carbocycles. The fraction of sp³-hybridized carbons (Fsp3) is 0.200. The first kappa shape index (κ1) is 11.8. The van der Waals surface area contributed by atoms with Gasteiger partial charge in [-0.1, -0.05) is 37.4 Å². The lowest BCUT2D eigenvalue weighted by Crippen LogP contribution is -1.93. The minimum absolute atomic E-state index is 0.256. The predicted molar refractivity (Wildman–Crippen MR) is 72.6 cm³/mol. The van der Waals surface area contributed by atoms with E-state index in [0.717, 1.165) is 16.3 Å². The molecule has 0 bridgehead atoms. The van der Waals surface area contributed by atoms with E-state index in [0.29, 0.717) is 10.6 Å². The van der Waals surface area contributed by atoms with Crippen molar-refractivity contribution in [2.24, 2.45) is 0 Å². The molecule has 0 fully saturated rings. The van der Waals surface area contributed by atoms with E-state index >= 15 is 0 Å². The summed E-state index contributed by atoms with van der Waals surface area (Å²) in [6.45, 7) is 4.13. The molecule has 0 unspecified atom stereocenters. The number of hydrogen-bond donors (Lipinski definition) is 1. The molecule has 0 spiro atoms. The third kappa shape index (κ3) is 1.97. The number of phenolic OH excluding ortho intramolecular Hbond substituents is 1. The Bertz CT molecular complexity index is 621. The van der Waals surface area contributed by atoms with E-state index in [1.807, 2.05) is 6.07 Å². The summed E-state index contributed by atoms with van der Waals surface area (Å²) in [5.41, 5.74) is 1.73. The Morgan fingerprint density at radius 3 is 2.59 bits per heavy atom. The van der Waals surface area contributed by atoms with Crippen LogP contribution in [0.3, 0.4) is 0 Å². The van der Waals surface area contributed by atoms with Gasteiger partial charge in [-0.3, -0.25) is 0 Å². The van der Waals surface area contributed by atoms with Gasteiger partial charge in [0.15, 0.2) is 0 Å². The summed E-state index contributed by atoms with van der Waals surface area (Å²) in [6, 6.07) is 7.11. The Labute approximate surface area is 106 Å². The van der Waals surface area contributed by atoms with E-state index in [4.69, 9.17) is 18.0 Å². The lowest BCUT2D eigenvalue weighted by atomic mass is 9.92. The Balaban J connectivity index is 2.98. The van der Waals surface area contributed by atoms with Gasteiger partial charge in [0.05, 0.1) is 10.6 Å². The van der Waals surface area contributed by atoms with Crippen LogP contribution in [0.5, 0.6) is 5.75 Å². The van der Waals surface area contributed by atoms with E-state index in [1.54, 1.807) is 18.2 Å². The van der Waals surface area contributed by atoms with Gasteiger partial charge in [0.2, 0.25) is 0 Å². The smallest absolute Gasteiger partial charge is 0.116 e. The Hall–Kier alpha value is -1.65. The Kier molecular flexibility index (Phi) is 3.00. The Morgan fingerprint density at radius 2 is 2.00 bits per heavy atom. The van der Waals surface area contributed by atoms with E-state index in [-0.39, 0.29) is 11.7 Å². The van der Waals surface area contributed by atoms with Crippen molar-refractivity contribution in [2.45, 2.75) is 19.8 Å². The molecule has 2 heteroatoms. The summed E-state index contributed by atoms with van der Waals surface area (Å²) >= 11 is 6.11. The molecule has 0 heterocycles. The van der Waals surface area contributed by atoms with E-state index < -0.39 is 0 Å². The minimum Gasteiger partial charge on any atom is -0.508 e. The van der Waals surface area contributed by atoms with Crippen LogP contribution < -0.4 is 0 Å². The highest BCUT2D eigenvalue weighted by Gasteiger charge is 2.12. The summed E-state index contributed by atoms with van der Waals surface area (Å²) in [7, 11) is 0. The topological polar surface area (TPSA) is 20.2 Å². The van der Waals surface area contributed by atoms with Crippen LogP contribution in [-0.2, 0) is 0 Å². The average Bonchev–Trinajstić information content (AvgIpc) is 2.28. The molecule has 0 saturated heterocycles. The number of terminal acetylenes is 1. The van der Waals surface area contributed by atoms with Crippen LogP contribution in [0.2, 0.25) is 5.02 Å². The van der Waals surface area contributed by atoms with Gasteiger partial charge in [0, 0.05) is 5.39 Å². The van der Waals surface area contributed by atoms with E-state index in [1.165, 1.54) is 0 Å². The number of halogens is 1. The fourth-order valence-electron chi connectivity index (χ4n) is 2.05. The van der Waals surface area contributed by atoms with Crippen LogP contribution in [0.1, 0.15) is 30.9 Å². The number of benzene rings is 2. The monoisotopic (exact) mass is 244 g/mol. The molecular weight excluding hydrogens is 232 g/mol. The first-order valence-corrected chi connectivity index (χ1v) is 5.84. The normalized spacial score (nSPS) is 10.8. The van der Waals surface area contributed by atoms with Gasteiger partial charge in [0.1, 0.15) is 5.75 Å². The molecule has 1 nitrogen and oxygen atoms in total. The quantitative estimate of drug-likeness (QED) is 0.742. The van der Waals surface area contributed by atoms with Crippen molar-refractivity contribution in [1.29, 1.82) is 0 Å². The molecule has 0 amide bonds. The molecule has 0 aromatic heterocycles. The van der Waals surface area contributed by atoms with Crippen LogP contribution in [0, 0.1) is 12.3 Å². The molecule has 2 aromatic rings. The maximum absolute atomic E-state index is 9.71. The highest BCUT2D eigenvalue weighted by atomic mass is 35.5. The lowest BCUT2D eigenvalue weighted by Gasteiger charge is -2.13. The maximum atomic E-state index is 9.71. The van der Waals surface area contributed by atoms with Crippen LogP contribution in [0.4, 0.5) is 0 Å². The summed E-state index contributed by atoms with van der Waals surface area (Å²) in [4.78, 5) is 0. The van der Waals surface area contributed by atoms with E-state index in [9.17, 15) is 5.11 Å². The number of aromatic hydroxyl groups is 1. The van der Waals surface area contributed by atoms with Crippen molar-refractivity contribution >= 4 is 22.4 Å². The highest BCUT2D eigenvalue weighted by Crippen LogP contribution is 2.34. The van der Waals surface area contributed by atoms with Gasteiger partial charge < -0.3 is 5.11 Å². The van der Waals surface area contributed by atoms with E-state index in [2.05, 4.69) is 19.8 Å². The molecule has 2 aromatic carbocycles. The standard InChI is InChI=1S/C15H13ClO/c1-4-12-14(16)6-5-10-7-11(17)8-13(9(2)3)15(10)12/h1,5-9,17H,2-3H3. The SMILES string of the molecule is C#Cc1c(Cl)ccc2cc(O)cc(C(C)C)c12. The van der Waals surface area contributed by atoms with Gasteiger partial charge in [-0.15, -0.1) is 6.42 Å². The molecular formula is C15H13ClO. The zero-order valence-corrected chi connectivity index (χ0v) is 10.5. The molecule has 2 rings (SSSR count). The van der Waals surface area contributed by atoms with Crippen molar-refractivity contribution in [3.8, 4) is 18.1 Å².